The molecule has 0 aromatic carbocycles. The minimum atomic E-state index is -1.02. The van der Waals surface area contributed by atoms with Crippen LogP contribution in [-0.4, -0.2) is 250 Å². The van der Waals surface area contributed by atoms with Gasteiger partial charge in [-0.15, -0.1) is 0 Å². The quantitative estimate of drug-likeness (QED) is 0.0515. The van der Waals surface area contributed by atoms with E-state index in [1.165, 1.54) is 0 Å². The molecule has 0 radical (unpaired) electrons. The van der Waals surface area contributed by atoms with E-state index in [4.69, 9.17) is 37.9 Å². The van der Waals surface area contributed by atoms with Gasteiger partial charge in [0.15, 0.2) is 0 Å². The summed E-state index contributed by atoms with van der Waals surface area (Å²) in [5, 5.41) is 30.9. The van der Waals surface area contributed by atoms with E-state index in [-0.39, 0.29) is 45.2 Å². The highest BCUT2D eigenvalue weighted by Crippen LogP contribution is 2.02. The minimum Gasteiger partial charge on any atom is -0.480 e. The summed E-state index contributed by atoms with van der Waals surface area (Å²) in [5.74, 6) is -3.27. The van der Waals surface area contributed by atoms with Crippen LogP contribution in [0.2, 0.25) is 0 Å². The fourth-order valence-corrected chi connectivity index (χ4v) is 4.99. The lowest BCUT2D eigenvalue weighted by atomic mass is 10.3. The Kier molecular flexibility index (Phi) is 31.9. The number of carboxylic acid groups (broad SMARTS) is 3. The van der Waals surface area contributed by atoms with Crippen LogP contribution in [0, 0.1) is 0 Å². The number of nitrogens with zero attached hydrogens (tertiary/aromatic N) is 4. The monoisotopic (exact) mass is 783 g/mol. The van der Waals surface area contributed by atoms with E-state index in [1.807, 2.05) is 11.8 Å². The van der Waals surface area contributed by atoms with Crippen LogP contribution in [-0.2, 0) is 57.1 Å². The highest BCUT2D eigenvalue weighted by atomic mass is 16.6. The first-order valence-electron chi connectivity index (χ1n) is 18.6. The zero-order valence-electron chi connectivity index (χ0n) is 32.0. The maximum Gasteiger partial charge on any atom is 0.317 e. The maximum absolute atomic E-state index is 12.7. The maximum atomic E-state index is 12.7. The lowest BCUT2D eigenvalue weighted by Gasteiger charge is -2.32. The Hall–Kier alpha value is -2.60. The first kappa shape index (κ1) is 49.4. The molecule has 1 aliphatic heterocycles. The molecule has 4 N–H and O–H groups in total. The largest absolute Gasteiger partial charge is 0.480 e. The van der Waals surface area contributed by atoms with Crippen molar-refractivity contribution in [1.29, 1.82) is 0 Å². The molecule has 1 saturated heterocycles. The second-order valence-corrected chi connectivity index (χ2v) is 12.1. The summed E-state index contributed by atoms with van der Waals surface area (Å²) in [6, 6.07) is 0. The Morgan fingerprint density at radius 1 is 0.407 bits per heavy atom. The van der Waals surface area contributed by atoms with E-state index in [0.717, 1.165) is 0 Å². The van der Waals surface area contributed by atoms with Crippen LogP contribution < -0.4 is 5.32 Å². The number of nitrogens with one attached hydrogen (secondary N) is 1. The van der Waals surface area contributed by atoms with Crippen molar-refractivity contribution >= 4 is 23.8 Å². The Balaban J connectivity index is 2.13. The number of carboxylic acids is 3. The molecule has 54 heavy (non-hydrogen) atoms. The highest BCUT2D eigenvalue weighted by Gasteiger charge is 2.21. The molecular formula is C34H65N5O15. The SMILES string of the molecule is CCOCCOCCOCCOCCOCCOCCOCCOCCNC(=O)CN1CCN(CC(=O)O)CCN(CC(=O)O)CCN(CC(=O)O)CC1. The standard InChI is InChI=1S/C34H65N5O15/c1-2-47-13-14-49-17-18-51-21-22-53-25-26-54-24-23-52-20-19-50-16-15-48-12-3-35-31(40)27-36-4-6-37(28-32(41)42)8-10-39(30-34(45)46)11-9-38(7-5-36)29-33(43)44/h2-30H2,1H3,(H,35,40)(H,41,42)(H,43,44)(H,45,46). The van der Waals surface area contributed by atoms with Crippen LogP contribution in [0.25, 0.3) is 0 Å². The van der Waals surface area contributed by atoms with Gasteiger partial charge in [-0.2, -0.15) is 0 Å². The third kappa shape index (κ3) is 31.7. The molecule has 0 bridgehead atoms. The van der Waals surface area contributed by atoms with E-state index in [1.54, 1.807) is 14.7 Å². The molecule has 1 fully saturated rings. The summed E-state index contributed by atoms with van der Waals surface area (Å²) >= 11 is 0. The molecular weight excluding hydrogens is 718 g/mol. The van der Waals surface area contributed by atoms with Gasteiger partial charge in [-0.05, 0) is 6.92 Å². The minimum absolute atomic E-state index is 0.0391. The van der Waals surface area contributed by atoms with E-state index in [9.17, 15) is 34.5 Å². The number of carbonyl (C=O) groups is 4. The summed E-state index contributed by atoms with van der Waals surface area (Å²) in [5.41, 5.74) is 0. The predicted octanol–water partition coefficient (Wildman–Crippen LogP) is -2.27. The van der Waals surface area contributed by atoms with Gasteiger partial charge in [0.05, 0.1) is 125 Å². The number of hydrogen-bond donors (Lipinski definition) is 4. The molecule has 20 heteroatoms. The van der Waals surface area contributed by atoms with Crippen molar-refractivity contribution in [3.8, 4) is 0 Å². The van der Waals surface area contributed by atoms with Gasteiger partial charge in [0, 0.05) is 65.5 Å². The topological polar surface area (TPSA) is 228 Å². The number of carbonyl (C=O) groups excluding carboxylic acids is 1. The molecule has 1 amide bonds. The van der Waals surface area contributed by atoms with Crippen LogP contribution in [0.15, 0.2) is 0 Å². The van der Waals surface area contributed by atoms with Gasteiger partial charge in [0.1, 0.15) is 0 Å². The van der Waals surface area contributed by atoms with Crippen molar-refractivity contribution in [1.82, 2.24) is 24.9 Å². The highest BCUT2D eigenvalue weighted by molar-refractivity contribution is 5.78. The molecule has 1 aliphatic rings. The number of ether oxygens (including phenoxy) is 8. The average Bonchev–Trinajstić information content (AvgIpc) is 3.12. The van der Waals surface area contributed by atoms with E-state index < -0.39 is 17.9 Å². The van der Waals surface area contributed by atoms with Crippen LogP contribution in [0.3, 0.4) is 0 Å². The molecule has 0 unspecified atom stereocenters. The van der Waals surface area contributed by atoms with Crippen molar-refractivity contribution in [2.24, 2.45) is 0 Å². The third-order valence-electron chi connectivity index (χ3n) is 7.75. The summed E-state index contributed by atoms with van der Waals surface area (Å²) in [6.07, 6.45) is 0. The zero-order chi connectivity index (χ0) is 39.5. The molecule has 0 saturated carbocycles. The van der Waals surface area contributed by atoms with Crippen molar-refractivity contribution in [3.63, 3.8) is 0 Å². The number of hydrogen-bond acceptors (Lipinski definition) is 16. The van der Waals surface area contributed by atoms with Gasteiger partial charge in [0.2, 0.25) is 5.91 Å². The first-order chi connectivity index (χ1) is 26.2. The number of rotatable bonds is 33. The fraction of sp³-hybridized carbons (Fsp3) is 0.882. The van der Waals surface area contributed by atoms with E-state index in [2.05, 4.69) is 5.32 Å². The smallest absolute Gasteiger partial charge is 0.317 e. The summed E-state index contributed by atoms with van der Waals surface area (Å²) < 4.78 is 43.4. The zero-order valence-corrected chi connectivity index (χ0v) is 32.0. The summed E-state index contributed by atoms with van der Waals surface area (Å²) in [6.45, 7) is 11.8. The molecule has 316 valence electrons. The average molecular weight is 784 g/mol. The van der Waals surface area contributed by atoms with Crippen molar-refractivity contribution in [3.05, 3.63) is 0 Å². The lowest BCUT2D eigenvalue weighted by Crippen LogP contribution is -2.50. The van der Waals surface area contributed by atoms with Crippen molar-refractivity contribution in [2.45, 2.75) is 6.92 Å². The van der Waals surface area contributed by atoms with Crippen molar-refractivity contribution in [2.75, 3.05) is 191 Å². The number of amides is 1. The van der Waals surface area contributed by atoms with Crippen LogP contribution in [0.1, 0.15) is 6.92 Å². The van der Waals surface area contributed by atoms with Gasteiger partial charge >= 0.3 is 17.9 Å². The van der Waals surface area contributed by atoms with Gasteiger partial charge in [0.25, 0.3) is 0 Å². The number of aliphatic carboxylic acids is 3. The normalized spacial score (nSPS) is 15.8. The molecule has 0 aromatic heterocycles. The molecule has 1 rings (SSSR count). The second-order valence-electron chi connectivity index (χ2n) is 12.1. The van der Waals surface area contributed by atoms with Gasteiger partial charge < -0.3 is 58.5 Å². The predicted molar refractivity (Wildman–Crippen MR) is 194 cm³/mol. The van der Waals surface area contributed by atoms with E-state index in [0.29, 0.717) is 151 Å². The van der Waals surface area contributed by atoms with Gasteiger partial charge in [-0.1, -0.05) is 0 Å². The Bertz CT molecular complexity index is 939. The molecule has 0 aliphatic carbocycles. The first-order valence-corrected chi connectivity index (χ1v) is 18.6. The van der Waals surface area contributed by atoms with E-state index >= 15 is 0 Å². The Morgan fingerprint density at radius 3 is 0.907 bits per heavy atom. The van der Waals surface area contributed by atoms with Gasteiger partial charge in [-0.3, -0.25) is 38.8 Å². The summed E-state index contributed by atoms with van der Waals surface area (Å²) in [4.78, 5) is 53.9. The second kappa shape index (κ2) is 34.9. The molecule has 0 aromatic rings. The summed E-state index contributed by atoms with van der Waals surface area (Å²) in [7, 11) is 0. The van der Waals surface area contributed by atoms with Crippen LogP contribution in [0.4, 0.5) is 0 Å². The Labute approximate surface area is 318 Å². The lowest BCUT2D eigenvalue weighted by molar-refractivity contribution is -0.140. The van der Waals surface area contributed by atoms with Gasteiger partial charge in [-0.25, -0.2) is 0 Å². The third-order valence-corrected chi connectivity index (χ3v) is 7.75. The molecule has 0 spiro atoms. The molecule has 0 atom stereocenters. The molecule has 20 nitrogen and oxygen atoms in total. The Morgan fingerprint density at radius 2 is 0.648 bits per heavy atom. The van der Waals surface area contributed by atoms with Crippen LogP contribution in [0.5, 0.6) is 0 Å². The van der Waals surface area contributed by atoms with Crippen LogP contribution >= 0.6 is 0 Å². The fourth-order valence-electron chi connectivity index (χ4n) is 4.99. The van der Waals surface area contributed by atoms with Crippen molar-refractivity contribution < 1.29 is 72.4 Å². The molecule has 1 heterocycles.